The van der Waals surface area contributed by atoms with E-state index in [1.165, 1.54) is 18.5 Å². The van der Waals surface area contributed by atoms with E-state index in [1.807, 2.05) is 6.92 Å². The lowest BCUT2D eigenvalue weighted by atomic mass is 9.96. The van der Waals surface area contributed by atoms with Crippen molar-refractivity contribution in [3.05, 3.63) is 16.3 Å². The van der Waals surface area contributed by atoms with Crippen LogP contribution in [-0.4, -0.2) is 33.5 Å². The van der Waals surface area contributed by atoms with Crippen molar-refractivity contribution in [3.8, 4) is 0 Å². The Bertz CT molecular complexity index is 613. The first-order valence-corrected chi connectivity index (χ1v) is 8.73. The quantitative estimate of drug-likeness (QED) is 0.708. The van der Waals surface area contributed by atoms with Gasteiger partial charge in [0.05, 0.1) is 15.3 Å². The monoisotopic (exact) mass is 353 g/mol. The third-order valence-corrected chi connectivity index (χ3v) is 6.15. The molecule has 1 atom stereocenters. The van der Waals surface area contributed by atoms with Gasteiger partial charge in [-0.05, 0) is 38.8 Å². The Morgan fingerprint density at radius 3 is 2.62 bits per heavy atom. The normalized spacial score (nSPS) is 17.7. The summed E-state index contributed by atoms with van der Waals surface area (Å²) in [5.41, 5.74) is 5.34. The van der Waals surface area contributed by atoms with E-state index in [9.17, 15) is 13.2 Å². The smallest absolute Gasteiger partial charge is 0.261 e. The predicted octanol–water partition coefficient (Wildman–Crippen LogP) is 0.935. The average Bonchev–Trinajstić information content (AvgIpc) is 3.15. The lowest BCUT2D eigenvalue weighted by Gasteiger charge is -2.29. The van der Waals surface area contributed by atoms with Gasteiger partial charge in [-0.1, -0.05) is 0 Å². The van der Waals surface area contributed by atoms with E-state index in [-0.39, 0.29) is 23.2 Å². The highest BCUT2D eigenvalue weighted by Crippen LogP contribution is 2.39. The molecular formula is C12H20ClN3O3S2. The van der Waals surface area contributed by atoms with Gasteiger partial charge in [0.15, 0.2) is 0 Å². The fourth-order valence-electron chi connectivity index (χ4n) is 2.06. The number of hydrogen-bond donors (Lipinski definition) is 3. The maximum Gasteiger partial charge on any atom is 0.261 e. The van der Waals surface area contributed by atoms with Crippen LogP contribution < -0.4 is 15.8 Å². The molecule has 1 fully saturated rings. The summed E-state index contributed by atoms with van der Waals surface area (Å²) < 4.78 is 25.5. The Balaban J connectivity index is 0.00000220. The van der Waals surface area contributed by atoms with Gasteiger partial charge in [-0.15, -0.1) is 23.7 Å². The molecular weight excluding hydrogens is 334 g/mol. The first-order valence-electron chi connectivity index (χ1n) is 6.37. The number of nitrogens with one attached hydrogen (secondary N) is 2. The van der Waals surface area contributed by atoms with Gasteiger partial charge in [0, 0.05) is 11.9 Å². The fraction of sp³-hybridized carbons (Fsp3) is 0.583. The van der Waals surface area contributed by atoms with Crippen LogP contribution >= 0.6 is 23.7 Å². The zero-order valence-corrected chi connectivity index (χ0v) is 14.3. The van der Waals surface area contributed by atoms with Crippen LogP contribution in [0.25, 0.3) is 0 Å². The van der Waals surface area contributed by atoms with Crippen molar-refractivity contribution >= 4 is 39.7 Å². The number of thiophene rings is 1. The first-order chi connectivity index (χ1) is 9.32. The van der Waals surface area contributed by atoms with Crippen LogP contribution in [0.2, 0.25) is 0 Å². The van der Waals surface area contributed by atoms with Gasteiger partial charge >= 0.3 is 0 Å². The van der Waals surface area contributed by atoms with Gasteiger partial charge in [-0.25, -0.2) is 13.1 Å². The predicted molar refractivity (Wildman–Crippen MR) is 85.5 cm³/mol. The molecule has 1 aliphatic rings. The number of carbonyl (C=O) groups is 1. The third kappa shape index (κ3) is 3.95. The van der Waals surface area contributed by atoms with Crippen LogP contribution in [0.3, 0.4) is 0 Å². The van der Waals surface area contributed by atoms with Crippen molar-refractivity contribution in [2.24, 2.45) is 11.7 Å². The molecule has 6 nitrogen and oxygen atoms in total. The van der Waals surface area contributed by atoms with E-state index in [0.29, 0.717) is 17.3 Å². The zero-order chi connectivity index (χ0) is 15.0. The highest BCUT2D eigenvalue weighted by molar-refractivity contribution is 7.89. The number of carbonyl (C=O) groups excluding carboxylic acids is 1. The molecule has 4 N–H and O–H groups in total. The summed E-state index contributed by atoms with van der Waals surface area (Å²) in [6.07, 6.45) is 2.13. The Hall–Kier alpha value is -0.670. The van der Waals surface area contributed by atoms with Gasteiger partial charge < -0.3 is 11.1 Å². The van der Waals surface area contributed by atoms with E-state index in [1.54, 1.807) is 0 Å². The standard InChI is InChI=1S/C12H19N3O3S2.ClH/c1-12(7-13,8-3-4-8)15-11(16)10-5-9(6-19-10)20(17,18)14-2;/h5-6,8,14H,3-4,7,13H2,1-2H3,(H,15,16);1H. The molecule has 2 rings (SSSR count). The molecule has 9 heteroatoms. The van der Waals surface area contributed by atoms with Gasteiger partial charge in [-0.2, -0.15) is 0 Å². The lowest BCUT2D eigenvalue weighted by molar-refractivity contribution is 0.0902. The van der Waals surface area contributed by atoms with Gasteiger partial charge in [-0.3, -0.25) is 4.79 Å². The van der Waals surface area contributed by atoms with Gasteiger partial charge in [0.1, 0.15) is 0 Å². The third-order valence-electron chi connectivity index (χ3n) is 3.68. The lowest BCUT2D eigenvalue weighted by Crippen LogP contribution is -2.53. The van der Waals surface area contributed by atoms with Gasteiger partial charge in [0.2, 0.25) is 10.0 Å². The molecule has 0 radical (unpaired) electrons. The second kappa shape index (κ2) is 6.62. The Kier molecular flexibility index (Phi) is 5.79. The Morgan fingerprint density at radius 1 is 1.52 bits per heavy atom. The van der Waals surface area contributed by atoms with Crippen molar-refractivity contribution in [2.45, 2.75) is 30.2 Å². The summed E-state index contributed by atoms with van der Waals surface area (Å²) >= 11 is 1.11. The van der Waals surface area contributed by atoms with Crippen LogP contribution in [0.15, 0.2) is 16.3 Å². The highest BCUT2D eigenvalue weighted by atomic mass is 35.5. The van der Waals surface area contributed by atoms with Crippen molar-refractivity contribution in [2.75, 3.05) is 13.6 Å². The van der Waals surface area contributed by atoms with Crippen LogP contribution in [-0.2, 0) is 10.0 Å². The molecule has 0 spiro atoms. The minimum Gasteiger partial charge on any atom is -0.345 e. The van der Waals surface area contributed by atoms with E-state index >= 15 is 0 Å². The number of sulfonamides is 1. The highest BCUT2D eigenvalue weighted by Gasteiger charge is 2.41. The van der Waals surface area contributed by atoms with Gasteiger partial charge in [0.25, 0.3) is 5.91 Å². The minimum absolute atomic E-state index is 0. The molecule has 1 aromatic heterocycles. The zero-order valence-electron chi connectivity index (χ0n) is 11.9. The fourth-order valence-corrected chi connectivity index (χ4v) is 3.96. The van der Waals surface area contributed by atoms with Crippen molar-refractivity contribution in [1.29, 1.82) is 0 Å². The van der Waals surface area contributed by atoms with E-state index < -0.39 is 15.6 Å². The van der Waals surface area contributed by atoms with E-state index in [4.69, 9.17) is 5.73 Å². The Morgan fingerprint density at radius 2 is 2.14 bits per heavy atom. The van der Waals surface area contributed by atoms with Crippen molar-refractivity contribution in [1.82, 2.24) is 10.0 Å². The molecule has 0 aromatic carbocycles. The first kappa shape index (κ1) is 18.4. The van der Waals surface area contributed by atoms with Crippen LogP contribution in [0.1, 0.15) is 29.4 Å². The number of rotatable bonds is 6. The van der Waals surface area contributed by atoms with E-state index in [0.717, 1.165) is 24.2 Å². The van der Waals surface area contributed by atoms with Crippen LogP contribution in [0.4, 0.5) is 0 Å². The summed E-state index contributed by atoms with van der Waals surface area (Å²) in [6, 6.07) is 1.38. The number of nitrogens with two attached hydrogens (primary N) is 1. The van der Waals surface area contributed by atoms with E-state index in [2.05, 4.69) is 10.0 Å². The molecule has 21 heavy (non-hydrogen) atoms. The number of halogens is 1. The summed E-state index contributed by atoms with van der Waals surface area (Å²) in [4.78, 5) is 12.7. The molecule has 120 valence electrons. The van der Waals surface area contributed by atoms with Crippen molar-refractivity contribution < 1.29 is 13.2 Å². The molecule has 1 saturated carbocycles. The molecule has 1 aromatic rings. The molecule has 1 unspecified atom stereocenters. The van der Waals surface area contributed by atoms with Crippen LogP contribution in [0, 0.1) is 5.92 Å². The summed E-state index contributed by atoms with van der Waals surface area (Å²) in [5.74, 6) is 0.143. The van der Waals surface area contributed by atoms with Crippen molar-refractivity contribution in [3.63, 3.8) is 0 Å². The second-order valence-corrected chi connectivity index (χ2v) is 8.00. The van der Waals surface area contributed by atoms with Crippen LogP contribution in [0.5, 0.6) is 0 Å². The summed E-state index contributed by atoms with van der Waals surface area (Å²) in [5, 5.41) is 4.39. The molecule has 1 aliphatic carbocycles. The molecule has 1 amide bonds. The maximum absolute atomic E-state index is 12.2. The Labute approximate surface area is 135 Å². The average molecular weight is 354 g/mol. The summed E-state index contributed by atoms with van der Waals surface area (Å²) in [6.45, 7) is 2.30. The minimum atomic E-state index is -3.51. The maximum atomic E-state index is 12.2. The largest absolute Gasteiger partial charge is 0.345 e. The number of amides is 1. The summed E-state index contributed by atoms with van der Waals surface area (Å²) in [7, 11) is -2.17. The molecule has 0 saturated heterocycles. The number of hydrogen-bond acceptors (Lipinski definition) is 5. The molecule has 1 heterocycles. The molecule has 0 bridgehead atoms. The molecule has 0 aliphatic heterocycles. The topological polar surface area (TPSA) is 101 Å². The second-order valence-electron chi connectivity index (χ2n) is 5.20. The SMILES string of the molecule is CNS(=O)(=O)c1csc(C(=O)NC(C)(CN)C2CC2)c1.Cl.